The number of aromatic carboxylic acids is 1. The van der Waals surface area contributed by atoms with E-state index >= 15 is 0 Å². The van der Waals surface area contributed by atoms with Gasteiger partial charge in [0.05, 0.1) is 21.4 Å². The smallest absolute Gasteiger partial charge is 0.354 e. The average molecular weight is 947 g/mol. The maximum atomic E-state index is 13.0. The van der Waals surface area contributed by atoms with Gasteiger partial charge in [-0.2, -0.15) is 0 Å². The molecule has 0 aliphatic rings. The molecule has 0 bridgehead atoms. The molecular formula is C36H36Cl3F10N5O3S2. The number of pyridine rings is 2. The van der Waals surface area contributed by atoms with Crippen LogP contribution in [0.25, 0.3) is 11.3 Å². The monoisotopic (exact) mass is 945 g/mol. The quantitative estimate of drug-likeness (QED) is 0.0803. The predicted octanol–water partition coefficient (Wildman–Crippen LogP) is 13.9. The number of aromatic nitrogens is 4. The van der Waals surface area contributed by atoms with Gasteiger partial charge >= 0.3 is 26.4 Å². The maximum absolute atomic E-state index is 13.0. The fourth-order valence-electron chi connectivity index (χ4n) is 5.38. The van der Waals surface area contributed by atoms with Crippen molar-refractivity contribution >= 4 is 78.3 Å². The van der Waals surface area contributed by atoms with Crippen LogP contribution >= 0.6 is 55.3 Å². The number of fused-ring (bicyclic) bond motifs is 2. The number of carbonyl (C=O) groups excluding carboxylic acids is 1. The van der Waals surface area contributed by atoms with Gasteiger partial charge in [0.2, 0.25) is 0 Å². The summed E-state index contributed by atoms with van der Waals surface area (Å²) in [6.45, 7) is 3.48. The molecule has 0 saturated carbocycles. The summed E-state index contributed by atoms with van der Waals surface area (Å²) >= 11 is 16.4. The number of carboxylic acid groups (broad SMARTS) is 1. The first-order valence-electron chi connectivity index (χ1n) is 16.8. The van der Waals surface area contributed by atoms with Gasteiger partial charge in [0, 0.05) is 31.7 Å². The summed E-state index contributed by atoms with van der Waals surface area (Å²) in [5.41, 5.74) is 7.80. The summed E-state index contributed by atoms with van der Waals surface area (Å²) in [5.74, 6) is -1.34. The number of carbonyl (C=O) groups is 2. The van der Waals surface area contributed by atoms with Gasteiger partial charge in [0.1, 0.15) is 26.8 Å². The lowest BCUT2D eigenvalue weighted by atomic mass is 10.0. The minimum Gasteiger partial charge on any atom is -0.477 e. The van der Waals surface area contributed by atoms with Crippen molar-refractivity contribution in [1.82, 2.24) is 18.8 Å². The first kappa shape index (κ1) is 49.2. The molecule has 59 heavy (non-hydrogen) atoms. The molecule has 0 aliphatic heterocycles. The van der Waals surface area contributed by atoms with Crippen molar-refractivity contribution in [2.45, 2.75) is 55.9 Å². The maximum Gasteiger partial charge on any atom is 0.354 e. The van der Waals surface area contributed by atoms with Crippen LogP contribution in [0, 0.1) is 0 Å². The molecule has 0 aliphatic carbocycles. The summed E-state index contributed by atoms with van der Waals surface area (Å²) in [5, 5.41) is 9.96. The van der Waals surface area contributed by atoms with Crippen molar-refractivity contribution < 1.29 is 53.6 Å². The fourth-order valence-corrected chi connectivity index (χ4v) is 7.12. The van der Waals surface area contributed by atoms with E-state index in [-0.39, 0.29) is 42.0 Å². The van der Waals surface area contributed by atoms with Crippen LogP contribution < -0.4 is 5.73 Å². The van der Waals surface area contributed by atoms with Gasteiger partial charge in [-0.05, 0) is 78.9 Å². The van der Waals surface area contributed by atoms with Gasteiger partial charge in [-0.1, -0.05) is 100 Å². The van der Waals surface area contributed by atoms with Crippen molar-refractivity contribution in [2.75, 3.05) is 6.38 Å². The van der Waals surface area contributed by atoms with E-state index < -0.39 is 36.2 Å². The van der Waals surface area contributed by atoms with Crippen LogP contribution in [0.3, 0.4) is 0 Å². The van der Waals surface area contributed by atoms with Crippen LogP contribution in [0.4, 0.5) is 38.9 Å². The molecule has 0 atom stereocenters. The molecule has 2 aromatic carbocycles. The molecule has 6 aromatic rings. The average Bonchev–Trinajstić information content (AvgIpc) is 3.71. The highest BCUT2D eigenvalue weighted by molar-refractivity contribution is 8.46. The Morgan fingerprint density at radius 1 is 0.661 bits per heavy atom. The van der Waals surface area contributed by atoms with E-state index in [0.717, 1.165) is 12.1 Å². The molecule has 23 heteroatoms. The summed E-state index contributed by atoms with van der Waals surface area (Å²) in [6.07, 6.45) is 5.35. The predicted molar refractivity (Wildman–Crippen MR) is 214 cm³/mol. The number of nitrogens with zero attached hydrogens (tertiary/aromatic N) is 4. The molecule has 3 N–H and O–H groups in total. The van der Waals surface area contributed by atoms with Gasteiger partial charge in [0.15, 0.2) is 11.5 Å². The van der Waals surface area contributed by atoms with Crippen LogP contribution in [0.1, 0.15) is 63.8 Å². The summed E-state index contributed by atoms with van der Waals surface area (Å²) in [6, 6.07) is 12.5. The largest absolute Gasteiger partial charge is 0.477 e. The molecular weight excluding hydrogens is 911 g/mol. The Labute approximate surface area is 346 Å². The van der Waals surface area contributed by atoms with Gasteiger partial charge in [-0.3, -0.25) is 13.6 Å². The van der Waals surface area contributed by atoms with Crippen molar-refractivity contribution in [3.05, 3.63) is 129 Å². The Hall–Kier alpha value is -4.21. The number of carboxylic acids is 1. The summed E-state index contributed by atoms with van der Waals surface area (Å²) in [4.78, 5) is 28.5. The van der Waals surface area contributed by atoms with E-state index in [1.54, 1.807) is 30.5 Å². The second kappa shape index (κ2) is 16.7. The number of rotatable bonds is 10. The topological polar surface area (TPSA) is 115 Å². The molecule has 6 rings (SSSR count). The van der Waals surface area contributed by atoms with E-state index in [4.69, 9.17) is 34.0 Å². The van der Waals surface area contributed by atoms with Crippen LogP contribution in [0.2, 0.25) is 10.0 Å². The van der Waals surface area contributed by atoms with Gasteiger partial charge in [-0.25, -0.2) is 14.8 Å². The molecule has 0 unspecified atom stereocenters. The number of imidazole rings is 2. The Bertz CT molecular complexity index is 2510. The summed E-state index contributed by atoms with van der Waals surface area (Å²) in [7, 11) is -19.3. The second-order valence-electron chi connectivity index (χ2n) is 12.3. The molecule has 0 radical (unpaired) electrons. The standard InChI is InChI=1S/C18H16ClF5N2OS.C10H9ClN2O2.C7H8F5NS.CH3Cl/c1-2-15-18(26-11-13(19)7-9-17(26)25-15)16(27)8-6-12-4-3-5-14(10-12)28(20,21,22,23)24;1-2-7-9(10(14)15)13-5-6(11)3-4-8(13)12-7;8-14(9,10,11,12)7-3-1-2-6(4-7)5-13;1-2/h3-5,7,9-11H,2,6,8H2,1H3;3-5H,2H2,1H3,(H,14,15);1-4H,5,13H2;1H3. The lowest BCUT2D eigenvalue weighted by Crippen LogP contribution is -2.09. The van der Waals surface area contributed by atoms with Crippen molar-refractivity contribution in [3.8, 4) is 0 Å². The second-order valence-corrected chi connectivity index (χ2v) is 18.0. The van der Waals surface area contributed by atoms with Crippen molar-refractivity contribution in [2.24, 2.45) is 5.73 Å². The van der Waals surface area contributed by atoms with E-state index in [0.29, 0.717) is 75.5 Å². The minimum atomic E-state index is -9.76. The van der Waals surface area contributed by atoms with Gasteiger partial charge in [0.25, 0.3) is 0 Å². The zero-order chi connectivity index (χ0) is 44.9. The van der Waals surface area contributed by atoms with E-state index in [2.05, 4.69) is 21.6 Å². The fraction of sp³-hybridized carbons (Fsp3) is 0.222. The number of aryl methyl sites for hydroxylation is 3. The SMILES string of the molecule is CCc1nc2ccc(Cl)cn2c1C(=O)CCc1cccc(S(F)(F)(F)(F)F)c1.CCc1nc2ccc(Cl)cn2c1C(=O)O.CCl.NCc1cccc(S(F)(F)(F)(F)F)c1. The first-order chi connectivity index (χ1) is 26.9. The molecule has 4 aromatic heterocycles. The van der Waals surface area contributed by atoms with Gasteiger partial charge in [-0.15, -0.1) is 11.6 Å². The Kier molecular flexibility index (Phi) is 13.9. The highest BCUT2D eigenvalue weighted by atomic mass is 35.5. The Balaban J connectivity index is 0.000000253. The number of hydrogen-bond donors (Lipinski definition) is 2. The lowest BCUT2D eigenvalue weighted by Gasteiger charge is -2.40. The minimum absolute atomic E-state index is 0.00371. The van der Waals surface area contributed by atoms with E-state index in [1.165, 1.54) is 33.5 Å². The van der Waals surface area contributed by atoms with Crippen LogP contribution in [0.15, 0.2) is 95.0 Å². The number of benzene rings is 2. The molecule has 4 heterocycles. The van der Waals surface area contributed by atoms with Crippen LogP contribution in [0.5, 0.6) is 0 Å². The molecule has 0 fully saturated rings. The Morgan fingerprint density at radius 3 is 1.47 bits per heavy atom. The van der Waals surface area contributed by atoms with Crippen molar-refractivity contribution in [3.63, 3.8) is 0 Å². The molecule has 8 nitrogen and oxygen atoms in total. The third kappa shape index (κ3) is 13.1. The third-order valence-corrected chi connectivity index (χ3v) is 10.7. The first-order valence-corrected chi connectivity index (χ1v) is 22.2. The van der Waals surface area contributed by atoms with Crippen LogP contribution in [-0.4, -0.2) is 42.0 Å². The number of alkyl halides is 1. The van der Waals surface area contributed by atoms with Crippen molar-refractivity contribution in [1.29, 1.82) is 0 Å². The molecule has 326 valence electrons. The van der Waals surface area contributed by atoms with E-state index in [1.807, 2.05) is 13.8 Å². The molecule has 0 amide bonds. The molecule has 0 spiro atoms. The highest BCUT2D eigenvalue weighted by Crippen LogP contribution is 3.02. The molecule has 0 saturated heterocycles. The zero-order valence-corrected chi connectivity index (χ0v) is 34.9. The van der Waals surface area contributed by atoms with Gasteiger partial charge < -0.3 is 10.8 Å². The summed E-state index contributed by atoms with van der Waals surface area (Å²) < 4.78 is 129. The number of hydrogen-bond acceptors (Lipinski definition) is 5. The number of nitrogens with two attached hydrogens (primary N) is 1. The van der Waals surface area contributed by atoms with E-state index in [9.17, 15) is 48.4 Å². The normalized spacial score (nSPS) is 13.9. The number of halogens is 13. The third-order valence-electron chi connectivity index (χ3n) is 8.01. The number of Topliss-reactive ketones (excluding diaryl/α,β-unsaturated/α-hetero) is 1. The Morgan fingerprint density at radius 2 is 1.07 bits per heavy atom. The lowest BCUT2D eigenvalue weighted by molar-refractivity contribution is 0.0687. The number of ketones is 1. The highest BCUT2D eigenvalue weighted by Gasteiger charge is 2.66. The zero-order valence-electron chi connectivity index (χ0n) is 31.0. The van der Waals surface area contributed by atoms with Crippen LogP contribution in [-0.2, 0) is 25.8 Å².